The number of carbonyl (C=O) groups is 1. The van der Waals surface area contributed by atoms with E-state index in [1.54, 1.807) is 0 Å². The lowest BCUT2D eigenvalue weighted by Gasteiger charge is -2.10. The number of carboxylic acid groups (broad SMARTS) is 1. The van der Waals surface area contributed by atoms with E-state index in [1.807, 2.05) is 30.3 Å². The van der Waals surface area contributed by atoms with Crippen molar-refractivity contribution < 1.29 is 9.90 Å². The van der Waals surface area contributed by atoms with Gasteiger partial charge in [-0.1, -0.05) is 32.0 Å². The van der Waals surface area contributed by atoms with Gasteiger partial charge in [0.2, 0.25) is 0 Å². The summed E-state index contributed by atoms with van der Waals surface area (Å²) in [7, 11) is 0. The molecular weight excluding hydrogens is 214 g/mol. The first kappa shape index (κ1) is 11.6. The summed E-state index contributed by atoms with van der Waals surface area (Å²) in [6.07, 6.45) is 0.0444. The highest BCUT2D eigenvalue weighted by Crippen LogP contribution is 2.22. The molecule has 0 unspecified atom stereocenters. The highest BCUT2D eigenvalue weighted by Gasteiger charge is 2.10. The molecule has 1 aromatic heterocycles. The molecule has 1 N–H and O–H groups in total. The maximum absolute atomic E-state index is 10.9. The van der Waals surface area contributed by atoms with Gasteiger partial charge in [-0.15, -0.1) is 0 Å². The first-order valence-electron chi connectivity index (χ1n) is 5.68. The van der Waals surface area contributed by atoms with Crippen LogP contribution in [0.5, 0.6) is 0 Å². The second-order valence-corrected chi connectivity index (χ2v) is 4.45. The van der Waals surface area contributed by atoms with Crippen LogP contribution in [0.25, 0.3) is 10.9 Å². The standard InChI is InChI=1S/C14H15NO2/c1-9(2)13-7-10(8-14(16)17)11-5-3-4-6-12(11)15-13/h3-7,9H,8H2,1-2H3,(H,16,17). The molecule has 0 saturated heterocycles. The molecule has 1 heterocycles. The lowest BCUT2D eigenvalue weighted by Crippen LogP contribution is -2.03. The third kappa shape index (κ3) is 2.44. The third-order valence-corrected chi connectivity index (χ3v) is 2.75. The van der Waals surface area contributed by atoms with E-state index in [0.29, 0.717) is 5.92 Å². The van der Waals surface area contributed by atoms with Crippen LogP contribution in [-0.2, 0) is 11.2 Å². The van der Waals surface area contributed by atoms with Crippen LogP contribution < -0.4 is 0 Å². The zero-order valence-corrected chi connectivity index (χ0v) is 9.97. The van der Waals surface area contributed by atoms with Gasteiger partial charge in [0.15, 0.2) is 0 Å². The largest absolute Gasteiger partial charge is 0.481 e. The maximum atomic E-state index is 10.9. The average molecular weight is 229 g/mol. The van der Waals surface area contributed by atoms with Crippen molar-refractivity contribution in [3.63, 3.8) is 0 Å². The number of fused-ring (bicyclic) bond motifs is 1. The highest BCUT2D eigenvalue weighted by atomic mass is 16.4. The number of aromatic nitrogens is 1. The van der Waals surface area contributed by atoms with Crippen molar-refractivity contribution in [2.75, 3.05) is 0 Å². The smallest absolute Gasteiger partial charge is 0.307 e. The third-order valence-electron chi connectivity index (χ3n) is 2.75. The molecule has 1 aromatic carbocycles. The van der Waals surface area contributed by atoms with E-state index in [-0.39, 0.29) is 6.42 Å². The summed E-state index contributed by atoms with van der Waals surface area (Å²) in [5, 5.41) is 9.87. The van der Waals surface area contributed by atoms with Gasteiger partial charge >= 0.3 is 5.97 Å². The van der Waals surface area contributed by atoms with Crippen molar-refractivity contribution in [3.05, 3.63) is 41.6 Å². The van der Waals surface area contributed by atoms with Crippen LogP contribution in [0.1, 0.15) is 31.0 Å². The van der Waals surface area contributed by atoms with Crippen molar-refractivity contribution in [1.29, 1.82) is 0 Å². The molecular formula is C14H15NO2. The van der Waals surface area contributed by atoms with Crippen LogP contribution in [0.3, 0.4) is 0 Å². The number of carboxylic acids is 1. The number of benzene rings is 1. The van der Waals surface area contributed by atoms with E-state index in [9.17, 15) is 4.79 Å². The average Bonchev–Trinajstić information content (AvgIpc) is 2.28. The van der Waals surface area contributed by atoms with Gasteiger partial charge in [-0.3, -0.25) is 9.78 Å². The fourth-order valence-corrected chi connectivity index (χ4v) is 1.88. The van der Waals surface area contributed by atoms with Gasteiger partial charge in [-0.25, -0.2) is 0 Å². The molecule has 0 fully saturated rings. The Kier molecular flexibility index (Phi) is 3.09. The second-order valence-electron chi connectivity index (χ2n) is 4.45. The van der Waals surface area contributed by atoms with Crippen LogP contribution in [0.2, 0.25) is 0 Å². The Bertz CT molecular complexity index is 561. The first-order valence-corrected chi connectivity index (χ1v) is 5.68. The minimum Gasteiger partial charge on any atom is -0.481 e. The fourth-order valence-electron chi connectivity index (χ4n) is 1.88. The molecule has 0 amide bonds. The molecule has 0 saturated carbocycles. The summed E-state index contributed by atoms with van der Waals surface area (Å²) in [6.45, 7) is 4.11. The Morgan fingerprint density at radius 2 is 2.06 bits per heavy atom. The van der Waals surface area contributed by atoms with Crippen molar-refractivity contribution in [2.24, 2.45) is 0 Å². The van der Waals surface area contributed by atoms with E-state index in [0.717, 1.165) is 22.2 Å². The molecule has 0 aliphatic rings. The van der Waals surface area contributed by atoms with Crippen molar-refractivity contribution in [1.82, 2.24) is 4.98 Å². The molecule has 0 aliphatic carbocycles. The Hall–Kier alpha value is -1.90. The summed E-state index contributed by atoms with van der Waals surface area (Å²) in [5.41, 5.74) is 2.65. The minimum atomic E-state index is -0.809. The molecule has 0 bridgehead atoms. The van der Waals surface area contributed by atoms with Crippen molar-refractivity contribution >= 4 is 16.9 Å². The van der Waals surface area contributed by atoms with Crippen LogP contribution in [-0.4, -0.2) is 16.1 Å². The van der Waals surface area contributed by atoms with Gasteiger partial charge < -0.3 is 5.11 Å². The quantitative estimate of drug-likeness (QED) is 0.880. The Balaban J connectivity index is 2.64. The highest BCUT2D eigenvalue weighted by molar-refractivity contribution is 5.86. The summed E-state index contributed by atoms with van der Waals surface area (Å²) < 4.78 is 0. The van der Waals surface area contributed by atoms with Crippen LogP contribution in [0.15, 0.2) is 30.3 Å². The topological polar surface area (TPSA) is 50.2 Å². The molecule has 2 rings (SSSR count). The summed E-state index contributed by atoms with van der Waals surface area (Å²) >= 11 is 0. The minimum absolute atomic E-state index is 0.0444. The SMILES string of the molecule is CC(C)c1cc(CC(=O)O)c2ccccc2n1. The predicted molar refractivity (Wildman–Crippen MR) is 67.2 cm³/mol. The molecule has 0 atom stereocenters. The second kappa shape index (κ2) is 4.53. The molecule has 17 heavy (non-hydrogen) atoms. The summed E-state index contributed by atoms with van der Waals surface area (Å²) in [6, 6.07) is 9.58. The number of pyridine rings is 1. The van der Waals surface area contributed by atoms with E-state index in [2.05, 4.69) is 18.8 Å². The van der Waals surface area contributed by atoms with Gasteiger partial charge in [0.05, 0.1) is 11.9 Å². The Morgan fingerprint density at radius 3 is 2.71 bits per heavy atom. The van der Waals surface area contributed by atoms with Gasteiger partial charge in [-0.2, -0.15) is 0 Å². The molecule has 3 nitrogen and oxygen atoms in total. The van der Waals surface area contributed by atoms with Gasteiger partial charge in [-0.05, 0) is 23.6 Å². The molecule has 2 aromatic rings. The number of hydrogen-bond acceptors (Lipinski definition) is 2. The summed E-state index contributed by atoms with van der Waals surface area (Å²) in [5.74, 6) is -0.511. The number of nitrogens with zero attached hydrogens (tertiary/aromatic N) is 1. The summed E-state index contributed by atoms with van der Waals surface area (Å²) in [4.78, 5) is 15.4. The molecule has 3 heteroatoms. The van der Waals surface area contributed by atoms with Crippen LogP contribution >= 0.6 is 0 Å². The number of para-hydroxylation sites is 1. The van der Waals surface area contributed by atoms with E-state index in [4.69, 9.17) is 5.11 Å². The molecule has 0 aliphatic heterocycles. The molecule has 0 radical (unpaired) electrons. The zero-order valence-electron chi connectivity index (χ0n) is 9.97. The molecule has 0 spiro atoms. The zero-order chi connectivity index (χ0) is 12.4. The van der Waals surface area contributed by atoms with Gasteiger partial charge in [0.1, 0.15) is 0 Å². The normalized spacial score (nSPS) is 11.0. The Labute approximate surface area is 100 Å². The maximum Gasteiger partial charge on any atom is 0.307 e. The van der Waals surface area contributed by atoms with Crippen LogP contribution in [0, 0.1) is 0 Å². The molecule has 88 valence electrons. The van der Waals surface area contributed by atoms with Crippen LogP contribution in [0.4, 0.5) is 0 Å². The monoisotopic (exact) mass is 229 g/mol. The first-order chi connectivity index (χ1) is 8.08. The van der Waals surface area contributed by atoms with E-state index < -0.39 is 5.97 Å². The predicted octanol–water partition coefficient (Wildman–Crippen LogP) is 2.99. The van der Waals surface area contributed by atoms with Crippen molar-refractivity contribution in [3.8, 4) is 0 Å². The van der Waals surface area contributed by atoms with Gasteiger partial charge in [0.25, 0.3) is 0 Å². The lowest BCUT2D eigenvalue weighted by molar-refractivity contribution is -0.136. The van der Waals surface area contributed by atoms with E-state index in [1.165, 1.54) is 0 Å². The van der Waals surface area contributed by atoms with Gasteiger partial charge in [0, 0.05) is 11.1 Å². The Morgan fingerprint density at radius 1 is 1.35 bits per heavy atom. The number of rotatable bonds is 3. The number of hydrogen-bond donors (Lipinski definition) is 1. The fraction of sp³-hybridized carbons (Fsp3) is 0.286. The van der Waals surface area contributed by atoms with E-state index >= 15 is 0 Å². The number of aliphatic carboxylic acids is 1. The lowest BCUT2D eigenvalue weighted by atomic mass is 10.0. The van der Waals surface area contributed by atoms with Crippen molar-refractivity contribution in [2.45, 2.75) is 26.2 Å².